The molecule has 14 heavy (non-hydrogen) atoms. The fraction of sp³-hybridized carbons (Fsp3) is 0.727. The third kappa shape index (κ3) is 3.82. The predicted molar refractivity (Wildman–Crippen MR) is 60.2 cm³/mol. The van der Waals surface area contributed by atoms with Gasteiger partial charge in [-0.15, -0.1) is 0 Å². The number of esters is 1. The average molecular weight is 261 g/mol. The minimum atomic E-state index is -0.238. The molecule has 1 aliphatic carbocycles. The number of hydrogen-bond acceptors (Lipinski definition) is 2. The maximum atomic E-state index is 11.3. The molecular weight excluding hydrogens is 244 g/mol. The van der Waals surface area contributed by atoms with Crippen molar-refractivity contribution in [2.24, 2.45) is 5.92 Å². The van der Waals surface area contributed by atoms with Gasteiger partial charge in [0.2, 0.25) is 0 Å². The van der Waals surface area contributed by atoms with Gasteiger partial charge in [-0.25, -0.2) is 4.79 Å². The molecule has 0 amide bonds. The van der Waals surface area contributed by atoms with E-state index in [9.17, 15) is 4.79 Å². The molecule has 0 aromatic rings. The zero-order valence-corrected chi connectivity index (χ0v) is 10.2. The van der Waals surface area contributed by atoms with Crippen molar-refractivity contribution in [1.82, 2.24) is 0 Å². The zero-order chi connectivity index (χ0) is 10.4. The van der Waals surface area contributed by atoms with Crippen LogP contribution in [0.25, 0.3) is 0 Å². The van der Waals surface area contributed by atoms with Crippen LogP contribution >= 0.6 is 15.9 Å². The molecule has 1 rings (SSSR count). The van der Waals surface area contributed by atoms with E-state index in [1.165, 1.54) is 32.1 Å². The van der Waals surface area contributed by atoms with Crippen LogP contribution in [0, 0.1) is 5.92 Å². The van der Waals surface area contributed by atoms with Gasteiger partial charge in [-0.1, -0.05) is 25.3 Å². The Morgan fingerprint density at radius 3 is 2.64 bits per heavy atom. The average Bonchev–Trinajstić information content (AvgIpc) is 2.19. The molecule has 0 N–H and O–H groups in total. The monoisotopic (exact) mass is 260 g/mol. The van der Waals surface area contributed by atoms with Crippen LogP contribution in [0.4, 0.5) is 0 Å². The third-order valence-electron chi connectivity index (χ3n) is 2.50. The highest BCUT2D eigenvalue weighted by atomic mass is 79.9. The Balaban J connectivity index is 2.44. The van der Waals surface area contributed by atoms with Crippen LogP contribution in [0.3, 0.4) is 0 Å². The molecule has 0 spiro atoms. The molecular formula is C11H17BrO2. The van der Waals surface area contributed by atoms with Crippen molar-refractivity contribution in [3.05, 3.63) is 10.6 Å². The summed E-state index contributed by atoms with van der Waals surface area (Å²) in [7, 11) is 0. The van der Waals surface area contributed by atoms with Crippen molar-refractivity contribution in [2.45, 2.75) is 39.0 Å². The van der Waals surface area contributed by atoms with E-state index < -0.39 is 0 Å². The van der Waals surface area contributed by atoms with Gasteiger partial charge in [0.05, 0.1) is 11.1 Å². The molecule has 0 heterocycles. The highest BCUT2D eigenvalue weighted by Crippen LogP contribution is 2.26. The second-order valence-electron chi connectivity index (χ2n) is 3.63. The molecule has 0 aromatic carbocycles. The second-order valence-corrected chi connectivity index (χ2v) is 4.49. The first kappa shape index (κ1) is 11.8. The van der Waals surface area contributed by atoms with Gasteiger partial charge in [0.25, 0.3) is 0 Å². The van der Waals surface area contributed by atoms with Crippen molar-refractivity contribution in [3.63, 3.8) is 0 Å². The standard InChI is InChI=1S/C11H17BrO2/c1-2-14-11(13)10(12)8-9-6-4-3-5-7-9/h8-9H,2-7H2,1H3/b10-8+. The van der Waals surface area contributed by atoms with E-state index in [0.717, 1.165) is 0 Å². The van der Waals surface area contributed by atoms with Crippen LogP contribution in [0.2, 0.25) is 0 Å². The van der Waals surface area contributed by atoms with E-state index in [1.807, 2.05) is 13.0 Å². The van der Waals surface area contributed by atoms with Crippen molar-refractivity contribution in [2.75, 3.05) is 6.61 Å². The molecule has 1 aliphatic rings. The van der Waals surface area contributed by atoms with Gasteiger partial charge in [0.15, 0.2) is 0 Å². The first-order chi connectivity index (χ1) is 6.74. The van der Waals surface area contributed by atoms with E-state index in [2.05, 4.69) is 15.9 Å². The Morgan fingerprint density at radius 2 is 2.07 bits per heavy atom. The number of allylic oxidation sites excluding steroid dienone is 1. The van der Waals surface area contributed by atoms with Crippen LogP contribution in [0.15, 0.2) is 10.6 Å². The van der Waals surface area contributed by atoms with E-state index in [-0.39, 0.29) is 5.97 Å². The lowest BCUT2D eigenvalue weighted by molar-refractivity contribution is -0.137. The maximum absolute atomic E-state index is 11.3. The topological polar surface area (TPSA) is 26.3 Å². The van der Waals surface area contributed by atoms with Crippen LogP contribution in [-0.2, 0) is 9.53 Å². The minimum Gasteiger partial charge on any atom is -0.462 e. The Kier molecular flexibility index (Phi) is 5.23. The Morgan fingerprint density at radius 1 is 1.43 bits per heavy atom. The van der Waals surface area contributed by atoms with Crippen molar-refractivity contribution < 1.29 is 9.53 Å². The van der Waals surface area contributed by atoms with Gasteiger partial charge in [-0.05, 0) is 41.6 Å². The largest absolute Gasteiger partial charge is 0.462 e. The minimum absolute atomic E-state index is 0.238. The number of carbonyl (C=O) groups is 1. The van der Waals surface area contributed by atoms with Crippen LogP contribution in [0.1, 0.15) is 39.0 Å². The molecule has 80 valence electrons. The lowest BCUT2D eigenvalue weighted by Gasteiger charge is -2.18. The summed E-state index contributed by atoms with van der Waals surface area (Å²) in [6.07, 6.45) is 8.32. The maximum Gasteiger partial charge on any atom is 0.344 e. The van der Waals surface area contributed by atoms with Gasteiger partial charge in [-0.2, -0.15) is 0 Å². The first-order valence-corrected chi connectivity index (χ1v) is 6.07. The van der Waals surface area contributed by atoms with Gasteiger partial charge in [0.1, 0.15) is 0 Å². The molecule has 0 unspecified atom stereocenters. The summed E-state index contributed by atoms with van der Waals surface area (Å²) in [4.78, 5) is 11.3. The van der Waals surface area contributed by atoms with Crippen molar-refractivity contribution >= 4 is 21.9 Å². The van der Waals surface area contributed by atoms with Gasteiger partial charge in [-0.3, -0.25) is 0 Å². The molecule has 1 fully saturated rings. The first-order valence-electron chi connectivity index (χ1n) is 5.28. The summed E-state index contributed by atoms with van der Waals surface area (Å²) in [6, 6.07) is 0. The Bertz CT molecular complexity index is 217. The summed E-state index contributed by atoms with van der Waals surface area (Å²) in [5.74, 6) is 0.320. The normalized spacial score (nSPS) is 19.4. The summed E-state index contributed by atoms with van der Waals surface area (Å²) in [5.41, 5.74) is 0. The van der Waals surface area contributed by atoms with Crippen LogP contribution < -0.4 is 0 Å². The summed E-state index contributed by atoms with van der Waals surface area (Å²) < 4.78 is 5.48. The number of halogens is 1. The fourth-order valence-corrected chi connectivity index (χ4v) is 2.26. The van der Waals surface area contributed by atoms with Crippen molar-refractivity contribution in [1.29, 1.82) is 0 Å². The van der Waals surface area contributed by atoms with E-state index >= 15 is 0 Å². The molecule has 0 radical (unpaired) electrons. The molecule has 1 saturated carbocycles. The Labute approximate surface area is 93.8 Å². The van der Waals surface area contributed by atoms with E-state index in [4.69, 9.17) is 4.74 Å². The summed E-state index contributed by atoms with van der Waals surface area (Å²) in [6.45, 7) is 2.26. The van der Waals surface area contributed by atoms with Gasteiger partial charge >= 0.3 is 5.97 Å². The lowest BCUT2D eigenvalue weighted by atomic mass is 9.89. The van der Waals surface area contributed by atoms with Crippen molar-refractivity contribution in [3.8, 4) is 0 Å². The predicted octanol–water partition coefficient (Wildman–Crippen LogP) is 3.41. The zero-order valence-electron chi connectivity index (χ0n) is 8.59. The molecule has 0 aromatic heterocycles. The second kappa shape index (κ2) is 6.23. The number of hydrogen-bond donors (Lipinski definition) is 0. The molecule has 0 atom stereocenters. The van der Waals surface area contributed by atoms with Crippen LogP contribution in [-0.4, -0.2) is 12.6 Å². The number of carbonyl (C=O) groups excluding carboxylic acids is 1. The van der Waals surface area contributed by atoms with Gasteiger partial charge in [0, 0.05) is 0 Å². The highest BCUT2D eigenvalue weighted by Gasteiger charge is 2.14. The Hall–Kier alpha value is -0.310. The number of ether oxygens (including phenoxy) is 1. The lowest BCUT2D eigenvalue weighted by Crippen LogP contribution is -2.08. The smallest absolute Gasteiger partial charge is 0.344 e. The molecule has 0 saturated heterocycles. The summed E-state index contributed by atoms with van der Waals surface area (Å²) >= 11 is 3.27. The highest BCUT2D eigenvalue weighted by molar-refractivity contribution is 9.12. The quantitative estimate of drug-likeness (QED) is 0.574. The summed E-state index contributed by atoms with van der Waals surface area (Å²) in [5, 5.41) is 0. The fourth-order valence-electron chi connectivity index (χ4n) is 1.78. The van der Waals surface area contributed by atoms with E-state index in [1.54, 1.807) is 0 Å². The SMILES string of the molecule is CCOC(=O)/C(Br)=C\C1CCCCC1. The van der Waals surface area contributed by atoms with Crippen LogP contribution in [0.5, 0.6) is 0 Å². The number of rotatable bonds is 3. The molecule has 0 aliphatic heterocycles. The van der Waals surface area contributed by atoms with E-state index in [0.29, 0.717) is 17.0 Å². The third-order valence-corrected chi connectivity index (χ3v) is 3.09. The van der Waals surface area contributed by atoms with Gasteiger partial charge < -0.3 is 4.74 Å². The molecule has 0 bridgehead atoms. The molecule has 3 heteroatoms. The molecule has 2 nitrogen and oxygen atoms in total.